The minimum atomic E-state index is -0.195. The molecule has 18 heavy (non-hydrogen) atoms. The van der Waals surface area contributed by atoms with Crippen LogP contribution in [0.1, 0.15) is 6.42 Å². The predicted octanol–water partition coefficient (Wildman–Crippen LogP) is -1.25. The zero-order chi connectivity index (χ0) is 13.5. The van der Waals surface area contributed by atoms with Crippen molar-refractivity contribution in [1.29, 1.82) is 0 Å². The Kier molecular flexibility index (Phi) is 5.87. The van der Waals surface area contributed by atoms with Gasteiger partial charge in [0.25, 0.3) is 0 Å². The first-order valence-corrected chi connectivity index (χ1v) is 6.03. The summed E-state index contributed by atoms with van der Waals surface area (Å²) in [5, 5.41) is 8.54. The van der Waals surface area contributed by atoms with E-state index in [4.69, 9.17) is 4.74 Å². The van der Waals surface area contributed by atoms with Crippen LogP contribution in [0.2, 0.25) is 0 Å². The number of carbonyl (C=O) groups is 2. The molecule has 0 aliphatic carbocycles. The third kappa shape index (κ3) is 4.50. The highest BCUT2D eigenvalue weighted by atomic mass is 16.5. The van der Waals surface area contributed by atoms with E-state index in [-0.39, 0.29) is 24.1 Å². The van der Waals surface area contributed by atoms with E-state index in [2.05, 4.69) is 16.0 Å². The zero-order valence-electron chi connectivity index (χ0n) is 11.2. The summed E-state index contributed by atoms with van der Waals surface area (Å²) in [7, 11) is 4.98. The first-order chi connectivity index (χ1) is 8.54. The highest BCUT2D eigenvalue weighted by molar-refractivity contribution is 5.82. The van der Waals surface area contributed by atoms with Gasteiger partial charge in [-0.25, -0.2) is 4.79 Å². The number of ether oxygens (including phenoxy) is 1. The van der Waals surface area contributed by atoms with Crippen LogP contribution >= 0.6 is 0 Å². The molecular formula is C11H22N4O3. The van der Waals surface area contributed by atoms with Gasteiger partial charge in [-0.3, -0.25) is 4.79 Å². The van der Waals surface area contributed by atoms with Gasteiger partial charge in [-0.1, -0.05) is 0 Å². The van der Waals surface area contributed by atoms with Crippen LogP contribution in [-0.4, -0.2) is 69.8 Å². The molecule has 0 aromatic carbocycles. The summed E-state index contributed by atoms with van der Waals surface area (Å²) in [6.07, 6.45) is 0.793. The maximum absolute atomic E-state index is 11.7. The average molecular weight is 258 g/mol. The van der Waals surface area contributed by atoms with Crippen LogP contribution in [0.15, 0.2) is 0 Å². The van der Waals surface area contributed by atoms with E-state index in [0.29, 0.717) is 26.1 Å². The molecule has 2 atom stereocenters. The summed E-state index contributed by atoms with van der Waals surface area (Å²) in [5.74, 6) is -0.0475. The standard InChI is InChI=1S/C11H22N4O3/c1-15(2)11(17)13-5-4-12-10(16)9-6-8(18-3)7-14-9/h8-9,14H,4-7H2,1-3H3,(H,12,16)(H,13,17). The number of nitrogens with zero attached hydrogens (tertiary/aromatic N) is 1. The summed E-state index contributed by atoms with van der Waals surface area (Å²) in [6.45, 7) is 1.55. The Bertz CT molecular complexity index is 296. The van der Waals surface area contributed by atoms with Gasteiger partial charge in [0.1, 0.15) is 0 Å². The molecule has 1 rings (SSSR count). The molecule has 1 saturated heterocycles. The minimum Gasteiger partial charge on any atom is -0.380 e. The Morgan fingerprint density at radius 1 is 1.33 bits per heavy atom. The van der Waals surface area contributed by atoms with Crippen molar-refractivity contribution in [1.82, 2.24) is 20.9 Å². The van der Waals surface area contributed by atoms with Crippen LogP contribution in [0, 0.1) is 0 Å². The second-order valence-corrected chi connectivity index (χ2v) is 4.47. The first-order valence-electron chi connectivity index (χ1n) is 6.03. The molecule has 1 fully saturated rings. The Hall–Kier alpha value is -1.34. The molecular weight excluding hydrogens is 236 g/mol. The lowest BCUT2D eigenvalue weighted by Gasteiger charge is -2.14. The number of amides is 3. The fourth-order valence-corrected chi connectivity index (χ4v) is 1.72. The second kappa shape index (κ2) is 7.17. The summed E-state index contributed by atoms with van der Waals surface area (Å²) in [4.78, 5) is 24.4. The number of carbonyl (C=O) groups excluding carboxylic acids is 2. The van der Waals surface area contributed by atoms with Gasteiger partial charge >= 0.3 is 6.03 Å². The first kappa shape index (κ1) is 14.7. The van der Waals surface area contributed by atoms with E-state index in [9.17, 15) is 9.59 Å². The number of hydrogen-bond donors (Lipinski definition) is 3. The highest BCUT2D eigenvalue weighted by Crippen LogP contribution is 2.08. The van der Waals surface area contributed by atoms with E-state index in [0.717, 1.165) is 0 Å². The molecule has 0 spiro atoms. The van der Waals surface area contributed by atoms with E-state index in [1.165, 1.54) is 4.90 Å². The topological polar surface area (TPSA) is 82.7 Å². The molecule has 3 amide bonds. The van der Waals surface area contributed by atoms with E-state index in [1.807, 2.05) is 0 Å². The molecule has 1 aliphatic heterocycles. The molecule has 0 aromatic heterocycles. The summed E-state index contributed by atoms with van der Waals surface area (Å²) in [6, 6.07) is -0.359. The Morgan fingerprint density at radius 2 is 2.00 bits per heavy atom. The third-order valence-electron chi connectivity index (χ3n) is 2.85. The van der Waals surface area contributed by atoms with Crippen LogP contribution in [0.3, 0.4) is 0 Å². The molecule has 104 valence electrons. The van der Waals surface area contributed by atoms with Gasteiger partial charge in [0.15, 0.2) is 0 Å². The predicted molar refractivity (Wildman–Crippen MR) is 67.3 cm³/mol. The number of hydrogen-bond acceptors (Lipinski definition) is 4. The van der Waals surface area contributed by atoms with Crippen molar-refractivity contribution >= 4 is 11.9 Å². The van der Waals surface area contributed by atoms with Gasteiger partial charge in [-0.2, -0.15) is 0 Å². The van der Waals surface area contributed by atoms with Gasteiger partial charge in [0.2, 0.25) is 5.91 Å². The molecule has 2 unspecified atom stereocenters. The molecule has 7 nitrogen and oxygen atoms in total. The monoisotopic (exact) mass is 258 g/mol. The SMILES string of the molecule is COC1CNC(C(=O)NCCNC(=O)N(C)C)C1. The van der Waals surface area contributed by atoms with Crippen molar-refractivity contribution in [3.63, 3.8) is 0 Å². The number of methoxy groups -OCH3 is 1. The summed E-state index contributed by atoms with van der Waals surface area (Å²) in [5.41, 5.74) is 0. The van der Waals surface area contributed by atoms with E-state index in [1.54, 1.807) is 21.2 Å². The molecule has 7 heteroatoms. The summed E-state index contributed by atoms with van der Waals surface area (Å²) >= 11 is 0. The van der Waals surface area contributed by atoms with Crippen molar-refractivity contribution in [2.75, 3.05) is 40.8 Å². The lowest BCUT2D eigenvalue weighted by atomic mass is 10.2. The van der Waals surface area contributed by atoms with Crippen LogP contribution in [-0.2, 0) is 9.53 Å². The summed E-state index contributed by atoms with van der Waals surface area (Å²) < 4.78 is 5.17. The van der Waals surface area contributed by atoms with Crippen LogP contribution in [0.25, 0.3) is 0 Å². The normalized spacial score (nSPS) is 22.6. The quantitative estimate of drug-likeness (QED) is 0.538. The zero-order valence-corrected chi connectivity index (χ0v) is 11.2. The fraction of sp³-hybridized carbons (Fsp3) is 0.818. The average Bonchev–Trinajstić information content (AvgIpc) is 2.82. The maximum Gasteiger partial charge on any atom is 0.316 e. The second-order valence-electron chi connectivity index (χ2n) is 4.47. The third-order valence-corrected chi connectivity index (χ3v) is 2.85. The number of nitrogens with one attached hydrogen (secondary N) is 3. The highest BCUT2D eigenvalue weighted by Gasteiger charge is 2.28. The van der Waals surface area contributed by atoms with E-state index >= 15 is 0 Å². The van der Waals surface area contributed by atoms with Gasteiger partial charge in [0, 0.05) is 40.8 Å². The molecule has 3 N–H and O–H groups in total. The Labute approximate surface area is 107 Å². The fourth-order valence-electron chi connectivity index (χ4n) is 1.72. The van der Waals surface area contributed by atoms with Gasteiger partial charge in [-0.15, -0.1) is 0 Å². The molecule has 0 radical (unpaired) electrons. The largest absolute Gasteiger partial charge is 0.380 e. The molecule has 0 bridgehead atoms. The van der Waals surface area contributed by atoms with Crippen LogP contribution in [0.4, 0.5) is 4.79 Å². The molecule has 0 aromatic rings. The lowest BCUT2D eigenvalue weighted by Crippen LogP contribution is -2.44. The van der Waals surface area contributed by atoms with Crippen molar-refractivity contribution in [3.8, 4) is 0 Å². The van der Waals surface area contributed by atoms with Gasteiger partial charge < -0.3 is 25.6 Å². The number of rotatable bonds is 5. The van der Waals surface area contributed by atoms with Crippen molar-refractivity contribution in [2.24, 2.45) is 0 Å². The molecule has 1 heterocycles. The molecule has 0 saturated carbocycles. The van der Waals surface area contributed by atoms with Crippen LogP contribution < -0.4 is 16.0 Å². The lowest BCUT2D eigenvalue weighted by molar-refractivity contribution is -0.122. The Balaban J connectivity index is 2.13. The van der Waals surface area contributed by atoms with Crippen molar-refractivity contribution < 1.29 is 14.3 Å². The molecule has 1 aliphatic rings. The van der Waals surface area contributed by atoms with E-state index < -0.39 is 0 Å². The Morgan fingerprint density at radius 3 is 2.56 bits per heavy atom. The van der Waals surface area contributed by atoms with Gasteiger partial charge in [0.05, 0.1) is 12.1 Å². The minimum absolute atomic E-state index is 0.0475. The number of urea groups is 1. The van der Waals surface area contributed by atoms with Crippen molar-refractivity contribution in [3.05, 3.63) is 0 Å². The smallest absolute Gasteiger partial charge is 0.316 e. The maximum atomic E-state index is 11.7. The van der Waals surface area contributed by atoms with Crippen LogP contribution in [0.5, 0.6) is 0 Å². The van der Waals surface area contributed by atoms with Gasteiger partial charge in [-0.05, 0) is 6.42 Å². The van der Waals surface area contributed by atoms with Crippen molar-refractivity contribution in [2.45, 2.75) is 18.6 Å².